The lowest BCUT2D eigenvalue weighted by molar-refractivity contribution is 0.0713. The number of rotatable bonds is 5. The molecule has 0 unspecified atom stereocenters. The van der Waals surface area contributed by atoms with E-state index in [1.54, 1.807) is 59.5 Å². The number of nitrogens with zero attached hydrogens (tertiary/aromatic N) is 2. The second-order valence-electron chi connectivity index (χ2n) is 6.92. The van der Waals surface area contributed by atoms with Crippen LogP contribution in [-0.2, 0) is 16.6 Å². The van der Waals surface area contributed by atoms with Gasteiger partial charge in [0.15, 0.2) is 5.76 Å². The first-order chi connectivity index (χ1) is 14.5. The quantitative estimate of drug-likeness (QED) is 0.585. The third kappa shape index (κ3) is 4.42. The SMILES string of the molecule is O=C(c1ccc(C[S@@](=O)c2ccccc2Cl)o1)N1CCN(c2ccccc2F)CC1. The number of hydrogen-bond acceptors (Lipinski definition) is 4. The van der Waals surface area contributed by atoms with E-state index in [1.807, 2.05) is 4.90 Å². The Balaban J connectivity index is 1.37. The first kappa shape index (κ1) is 20.6. The zero-order chi connectivity index (χ0) is 21.1. The summed E-state index contributed by atoms with van der Waals surface area (Å²) in [7, 11) is -1.37. The van der Waals surface area contributed by atoms with Crippen molar-refractivity contribution in [3.05, 3.63) is 83.0 Å². The Hall–Kier alpha value is -2.64. The van der Waals surface area contributed by atoms with Crippen LogP contribution in [0.25, 0.3) is 0 Å². The monoisotopic (exact) mass is 446 g/mol. The number of para-hydroxylation sites is 1. The Morgan fingerprint density at radius 3 is 2.43 bits per heavy atom. The lowest BCUT2D eigenvalue weighted by Gasteiger charge is -2.35. The molecule has 1 atom stereocenters. The lowest BCUT2D eigenvalue weighted by atomic mass is 10.2. The first-order valence-electron chi connectivity index (χ1n) is 9.53. The Morgan fingerprint density at radius 1 is 1.00 bits per heavy atom. The molecule has 0 aliphatic carbocycles. The van der Waals surface area contributed by atoms with E-state index in [4.69, 9.17) is 16.0 Å². The zero-order valence-corrected chi connectivity index (χ0v) is 17.7. The molecule has 0 saturated carbocycles. The number of anilines is 1. The highest BCUT2D eigenvalue weighted by atomic mass is 35.5. The van der Waals surface area contributed by atoms with Crippen LogP contribution in [0.3, 0.4) is 0 Å². The molecule has 0 spiro atoms. The van der Waals surface area contributed by atoms with Gasteiger partial charge in [0.25, 0.3) is 5.91 Å². The fourth-order valence-electron chi connectivity index (χ4n) is 3.42. The molecule has 156 valence electrons. The summed E-state index contributed by atoms with van der Waals surface area (Å²) in [5.74, 6) is 0.317. The smallest absolute Gasteiger partial charge is 0.289 e. The average Bonchev–Trinajstić information content (AvgIpc) is 3.22. The topological polar surface area (TPSA) is 53.8 Å². The van der Waals surface area contributed by atoms with Crippen molar-refractivity contribution >= 4 is 34.0 Å². The van der Waals surface area contributed by atoms with Crippen LogP contribution in [0.5, 0.6) is 0 Å². The molecule has 1 aliphatic heterocycles. The maximum Gasteiger partial charge on any atom is 0.289 e. The molecule has 8 heteroatoms. The minimum absolute atomic E-state index is 0.137. The predicted octanol–water partition coefficient (Wildman–Crippen LogP) is 4.34. The molecule has 4 rings (SSSR count). The van der Waals surface area contributed by atoms with E-state index in [2.05, 4.69) is 0 Å². The molecule has 3 aromatic rings. The summed E-state index contributed by atoms with van der Waals surface area (Å²) in [6.45, 7) is 2.01. The van der Waals surface area contributed by atoms with Crippen molar-refractivity contribution in [2.75, 3.05) is 31.1 Å². The highest BCUT2D eigenvalue weighted by Crippen LogP contribution is 2.23. The van der Waals surface area contributed by atoms with Crippen molar-refractivity contribution in [3.63, 3.8) is 0 Å². The number of piperazine rings is 1. The summed E-state index contributed by atoms with van der Waals surface area (Å²) >= 11 is 6.10. The van der Waals surface area contributed by atoms with E-state index < -0.39 is 10.8 Å². The molecule has 0 N–H and O–H groups in total. The average molecular weight is 447 g/mol. The molecular formula is C22H20ClFN2O3S. The molecule has 2 heterocycles. The number of halogens is 2. The molecule has 30 heavy (non-hydrogen) atoms. The van der Waals surface area contributed by atoms with Crippen LogP contribution in [-0.4, -0.2) is 41.2 Å². The molecule has 2 aromatic carbocycles. The molecule has 1 aliphatic rings. The second kappa shape index (κ2) is 9.02. The molecular weight excluding hydrogens is 427 g/mol. The second-order valence-corrected chi connectivity index (χ2v) is 8.74. The number of carbonyl (C=O) groups excluding carboxylic acids is 1. The van der Waals surface area contributed by atoms with E-state index in [1.165, 1.54) is 6.07 Å². The van der Waals surface area contributed by atoms with Gasteiger partial charge in [-0.25, -0.2) is 4.39 Å². The molecule has 1 saturated heterocycles. The number of carbonyl (C=O) groups is 1. The van der Waals surface area contributed by atoms with E-state index in [0.717, 1.165) is 0 Å². The third-order valence-corrected chi connectivity index (χ3v) is 6.82. The standard InChI is InChI=1S/C22H20ClFN2O3S/c23-17-5-1-4-8-21(17)30(28)15-16-9-10-20(29-16)22(27)26-13-11-25(12-14-26)19-7-3-2-6-18(19)24/h1-10H,11-15H2/t30-/m1/s1. The van der Waals surface area contributed by atoms with Gasteiger partial charge in [-0.1, -0.05) is 35.9 Å². The molecule has 0 bridgehead atoms. The van der Waals surface area contributed by atoms with Gasteiger partial charge in [0.1, 0.15) is 11.6 Å². The lowest BCUT2D eigenvalue weighted by Crippen LogP contribution is -2.49. The van der Waals surface area contributed by atoms with Gasteiger partial charge in [-0.3, -0.25) is 9.00 Å². The normalized spacial score (nSPS) is 15.3. The molecule has 5 nitrogen and oxygen atoms in total. The van der Waals surface area contributed by atoms with Gasteiger partial charge in [0, 0.05) is 26.2 Å². The third-order valence-electron chi connectivity index (χ3n) is 4.99. The van der Waals surface area contributed by atoms with Gasteiger partial charge in [-0.15, -0.1) is 0 Å². The van der Waals surface area contributed by atoms with Gasteiger partial charge < -0.3 is 14.2 Å². The molecule has 1 amide bonds. The Kier molecular flexibility index (Phi) is 6.20. The van der Waals surface area contributed by atoms with Crippen LogP contribution in [0.15, 0.2) is 70.0 Å². The fourth-order valence-corrected chi connectivity index (χ4v) is 4.90. The maximum atomic E-state index is 14.0. The van der Waals surface area contributed by atoms with Crippen molar-refractivity contribution < 1.29 is 17.8 Å². The van der Waals surface area contributed by atoms with Crippen molar-refractivity contribution in [1.82, 2.24) is 4.90 Å². The fraction of sp³-hybridized carbons (Fsp3) is 0.227. The van der Waals surface area contributed by atoms with Gasteiger partial charge in [-0.05, 0) is 36.4 Å². The summed E-state index contributed by atoms with van der Waals surface area (Å²) in [4.78, 5) is 16.9. The number of furan rings is 1. The Labute approximate surface area is 181 Å². The van der Waals surface area contributed by atoms with Crippen LogP contribution in [0.4, 0.5) is 10.1 Å². The minimum Gasteiger partial charge on any atom is -0.455 e. The molecule has 1 aromatic heterocycles. The number of benzene rings is 2. The van der Waals surface area contributed by atoms with E-state index in [9.17, 15) is 13.4 Å². The maximum absolute atomic E-state index is 14.0. The predicted molar refractivity (Wildman–Crippen MR) is 115 cm³/mol. The summed E-state index contributed by atoms with van der Waals surface area (Å²) in [6.07, 6.45) is 0. The van der Waals surface area contributed by atoms with Gasteiger partial charge in [-0.2, -0.15) is 0 Å². The summed E-state index contributed by atoms with van der Waals surface area (Å²) in [5.41, 5.74) is 0.548. The van der Waals surface area contributed by atoms with Crippen LogP contribution < -0.4 is 4.90 Å². The van der Waals surface area contributed by atoms with Gasteiger partial charge in [0.2, 0.25) is 0 Å². The van der Waals surface area contributed by atoms with Crippen LogP contribution in [0.2, 0.25) is 5.02 Å². The van der Waals surface area contributed by atoms with Gasteiger partial charge >= 0.3 is 0 Å². The highest BCUT2D eigenvalue weighted by molar-refractivity contribution is 7.84. The van der Waals surface area contributed by atoms with E-state index >= 15 is 0 Å². The van der Waals surface area contributed by atoms with Crippen molar-refractivity contribution in [3.8, 4) is 0 Å². The van der Waals surface area contributed by atoms with E-state index in [0.29, 0.717) is 47.5 Å². The molecule has 1 fully saturated rings. The zero-order valence-electron chi connectivity index (χ0n) is 16.1. The number of amides is 1. The summed E-state index contributed by atoms with van der Waals surface area (Å²) in [6, 6.07) is 16.8. The minimum atomic E-state index is -1.37. The van der Waals surface area contributed by atoms with Crippen molar-refractivity contribution in [1.29, 1.82) is 0 Å². The van der Waals surface area contributed by atoms with Crippen LogP contribution in [0.1, 0.15) is 16.3 Å². The largest absolute Gasteiger partial charge is 0.455 e. The Bertz CT molecular complexity index is 1080. The summed E-state index contributed by atoms with van der Waals surface area (Å²) in [5, 5.41) is 0.436. The van der Waals surface area contributed by atoms with E-state index in [-0.39, 0.29) is 23.2 Å². The van der Waals surface area contributed by atoms with Crippen LogP contribution in [0, 0.1) is 5.82 Å². The first-order valence-corrected chi connectivity index (χ1v) is 11.2. The Morgan fingerprint density at radius 2 is 1.70 bits per heavy atom. The van der Waals surface area contributed by atoms with Crippen molar-refractivity contribution in [2.45, 2.75) is 10.6 Å². The van der Waals surface area contributed by atoms with Gasteiger partial charge in [0.05, 0.1) is 32.2 Å². The van der Waals surface area contributed by atoms with Crippen molar-refractivity contribution in [2.24, 2.45) is 0 Å². The number of hydrogen-bond donors (Lipinski definition) is 0. The summed E-state index contributed by atoms with van der Waals surface area (Å²) < 4.78 is 32.2. The molecule has 0 radical (unpaired) electrons. The highest BCUT2D eigenvalue weighted by Gasteiger charge is 2.25. The van der Waals surface area contributed by atoms with Crippen LogP contribution >= 0.6 is 11.6 Å².